The van der Waals surface area contributed by atoms with Crippen LogP contribution in [0.15, 0.2) is 72.6 Å². The first-order chi connectivity index (χ1) is 15.0. The molecule has 2 aromatic carbocycles. The Kier molecular flexibility index (Phi) is 5.54. The molecule has 2 amide bonds. The van der Waals surface area contributed by atoms with Crippen LogP contribution in [-0.4, -0.2) is 28.8 Å². The van der Waals surface area contributed by atoms with Gasteiger partial charge in [0.05, 0.1) is 24.9 Å². The maximum atomic E-state index is 13.5. The highest BCUT2D eigenvalue weighted by atomic mass is 16.5. The molecule has 0 saturated carbocycles. The third-order valence-electron chi connectivity index (χ3n) is 5.45. The highest BCUT2D eigenvalue weighted by Gasteiger charge is 2.40. The topological polar surface area (TPSA) is 71.5 Å². The SMILES string of the molecule is COc1ccccc1C1=C(Nc2cccc(C)c2C)C(=O)N(Cc2ccccn2)C1=O. The molecular formula is C25H23N3O3. The van der Waals surface area contributed by atoms with E-state index >= 15 is 0 Å². The number of nitrogens with zero attached hydrogens (tertiary/aromatic N) is 2. The third kappa shape index (κ3) is 3.80. The van der Waals surface area contributed by atoms with Gasteiger partial charge in [0.2, 0.25) is 0 Å². The number of rotatable bonds is 6. The molecule has 0 atom stereocenters. The summed E-state index contributed by atoms with van der Waals surface area (Å²) in [6.45, 7) is 4.08. The zero-order valence-corrected chi connectivity index (χ0v) is 17.7. The third-order valence-corrected chi connectivity index (χ3v) is 5.45. The van der Waals surface area contributed by atoms with Crippen molar-refractivity contribution in [2.75, 3.05) is 12.4 Å². The van der Waals surface area contributed by atoms with Crippen LogP contribution in [0.1, 0.15) is 22.4 Å². The Labute approximate surface area is 181 Å². The van der Waals surface area contributed by atoms with E-state index in [1.54, 1.807) is 37.6 Å². The van der Waals surface area contributed by atoms with Crippen molar-refractivity contribution in [3.63, 3.8) is 0 Å². The molecule has 0 unspecified atom stereocenters. The smallest absolute Gasteiger partial charge is 0.278 e. The average Bonchev–Trinajstić information content (AvgIpc) is 3.01. The largest absolute Gasteiger partial charge is 0.496 e. The second kappa shape index (κ2) is 8.44. The van der Waals surface area contributed by atoms with Crippen LogP contribution >= 0.6 is 0 Å². The molecule has 1 aliphatic heterocycles. The minimum atomic E-state index is -0.391. The molecule has 1 aromatic heterocycles. The molecular weight excluding hydrogens is 390 g/mol. The summed E-state index contributed by atoms with van der Waals surface area (Å²) < 4.78 is 5.48. The summed E-state index contributed by atoms with van der Waals surface area (Å²) in [6, 6.07) is 18.4. The Morgan fingerprint density at radius 1 is 0.935 bits per heavy atom. The number of aryl methyl sites for hydroxylation is 1. The van der Waals surface area contributed by atoms with Gasteiger partial charge in [-0.3, -0.25) is 19.5 Å². The zero-order chi connectivity index (χ0) is 22.0. The number of anilines is 1. The van der Waals surface area contributed by atoms with E-state index in [2.05, 4.69) is 10.3 Å². The monoisotopic (exact) mass is 413 g/mol. The Balaban J connectivity index is 1.82. The van der Waals surface area contributed by atoms with Gasteiger partial charge in [-0.25, -0.2) is 0 Å². The number of methoxy groups -OCH3 is 1. The van der Waals surface area contributed by atoms with Crippen LogP contribution in [0.4, 0.5) is 5.69 Å². The van der Waals surface area contributed by atoms with Crippen molar-refractivity contribution in [2.45, 2.75) is 20.4 Å². The van der Waals surface area contributed by atoms with Gasteiger partial charge in [0.15, 0.2) is 0 Å². The van der Waals surface area contributed by atoms with Gasteiger partial charge in [-0.05, 0) is 49.2 Å². The predicted molar refractivity (Wildman–Crippen MR) is 119 cm³/mol. The number of imide groups is 1. The molecule has 0 radical (unpaired) electrons. The fourth-order valence-electron chi connectivity index (χ4n) is 3.61. The van der Waals surface area contributed by atoms with Crippen LogP contribution in [0.2, 0.25) is 0 Å². The number of ether oxygens (including phenoxy) is 1. The number of nitrogens with one attached hydrogen (secondary N) is 1. The molecule has 0 aliphatic carbocycles. The van der Waals surface area contributed by atoms with Crippen LogP contribution in [0.3, 0.4) is 0 Å². The van der Waals surface area contributed by atoms with E-state index in [9.17, 15) is 9.59 Å². The normalized spacial score (nSPS) is 13.7. The van der Waals surface area contributed by atoms with Gasteiger partial charge in [-0.1, -0.05) is 36.4 Å². The summed E-state index contributed by atoms with van der Waals surface area (Å²) >= 11 is 0. The fraction of sp³-hybridized carbons (Fsp3) is 0.160. The lowest BCUT2D eigenvalue weighted by molar-refractivity contribution is -0.137. The summed E-state index contributed by atoms with van der Waals surface area (Å²) in [6.07, 6.45) is 1.64. The lowest BCUT2D eigenvalue weighted by Crippen LogP contribution is -2.32. The molecule has 0 fully saturated rings. The highest BCUT2D eigenvalue weighted by molar-refractivity contribution is 6.37. The van der Waals surface area contributed by atoms with E-state index in [4.69, 9.17) is 4.74 Å². The number of amides is 2. The lowest BCUT2D eigenvalue weighted by Gasteiger charge is -2.15. The van der Waals surface area contributed by atoms with Gasteiger partial charge in [-0.15, -0.1) is 0 Å². The second-order valence-corrected chi connectivity index (χ2v) is 7.34. The molecule has 1 N–H and O–H groups in total. The molecule has 4 rings (SSSR count). The molecule has 2 heterocycles. The highest BCUT2D eigenvalue weighted by Crippen LogP contribution is 2.36. The van der Waals surface area contributed by atoms with E-state index in [1.165, 1.54) is 4.90 Å². The van der Waals surface area contributed by atoms with Gasteiger partial charge in [0.25, 0.3) is 11.8 Å². The number of pyridine rings is 1. The van der Waals surface area contributed by atoms with E-state index < -0.39 is 5.91 Å². The van der Waals surface area contributed by atoms with Gasteiger partial charge < -0.3 is 10.1 Å². The second-order valence-electron chi connectivity index (χ2n) is 7.34. The van der Waals surface area contributed by atoms with Crippen molar-refractivity contribution >= 4 is 23.1 Å². The van der Waals surface area contributed by atoms with Crippen LogP contribution in [0.5, 0.6) is 5.75 Å². The first-order valence-electron chi connectivity index (χ1n) is 9.98. The summed E-state index contributed by atoms with van der Waals surface area (Å²) in [7, 11) is 1.55. The van der Waals surface area contributed by atoms with Crippen molar-refractivity contribution in [3.8, 4) is 5.75 Å². The predicted octanol–water partition coefficient (Wildman–Crippen LogP) is 4.10. The summed E-state index contributed by atoms with van der Waals surface area (Å²) in [5.41, 5.74) is 4.61. The molecule has 6 nitrogen and oxygen atoms in total. The standard InChI is InChI=1S/C25H23N3O3/c1-16-9-8-12-20(17(16)2)27-23-22(19-11-4-5-13-21(19)31-3)24(29)28(25(23)30)15-18-10-6-7-14-26-18/h4-14,27H,15H2,1-3H3. The fourth-order valence-corrected chi connectivity index (χ4v) is 3.61. The van der Waals surface area contributed by atoms with Crippen LogP contribution in [0.25, 0.3) is 5.57 Å². The summed E-state index contributed by atoms with van der Waals surface area (Å²) in [5, 5.41) is 3.24. The molecule has 3 aromatic rings. The van der Waals surface area contributed by atoms with Gasteiger partial charge in [-0.2, -0.15) is 0 Å². The van der Waals surface area contributed by atoms with Crippen molar-refractivity contribution in [1.82, 2.24) is 9.88 Å². The number of benzene rings is 2. The van der Waals surface area contributed by atoms with Crippen molar-refractivity contribution in [1.29, 1.82) is 0 Å². The number of hydrogen-bond donors (Lipinski definition) is 1. The van der Waals surface area contributed by atoms with Crippen molar-refractivity contribution in [2.24, 2.45) is 0 Å². The first kappa shape index (κ1) is 20.3. The van der Waals surface area contributed by atoms with E-state index in [0.29, 0.717) is 22.6 Å². The molecule has 156 valence electrons. The molecule has 0 saturated heterocycles. The number of carbonyl (C=O) groups excluding carboxylic acids is 2. The Hall–Kier alpha value is -3.93. The Morgan fingerprint density at radius 2 is 1.71 bits per heavy atom. The molecule has 1 aliphatic rings. The number of hydrogen-bond acceptors (Lipinski definition) is 5. The number of carbonyl (C=O) groups is 2. The van der Waals surface area contributed by atoms with Gasteiger partial charge in [0, 0.05) is 17.4 Å². The van der Waals surface area contributed by atoms with Crippen molar-refractivity contribution in [3.05, 3.63) is 94.9 Å². The molecule has 0 spiro atoms. The number of para-hydroxylation sites is 1. The molecule has 31 heavy (non-hydrogen) atoms. The Bertz CT molecular complexity index is 1190. The number of aromatic nitrogens is 1. The minimum Gasteiger partial charge on any atom is -0.496 e. The molecule has 0 bridgehead atoms. The van der Waals surface area contributed by atoms with Crippen LogP contribution in [0, 0.1) is 13.8 Å². The first-order valence-corrected chi connectivity index (χ1v) is 9.98. The minimum absolute atomic E-state index is 0.0924. The molecule has 6 heteroatoms. The zero-order valence-electron chi connectivity index (χ0n) is 17.7. The maximum absolute atomic E-state index is 13.5. The van der Waals surface area contributed by atoms with Gasteiger partial charge >= 0.3 is 0 Å². The van der Waals surface area contributed by atoms with Crippen molar-refractivity contribution < 1.29 is 14.3 Å². The van der Waals surface area contributed by atoms with E-state index in [0.717, 1.165) is 16.8 Å². The van der Waals surface area contributed by atoms with E-state index in [-0.39, 0.29) is 18.1 Å². The maximum Gasteiger partial charge on any atom is 0.278 e. The van der Waals surface area contributed by atoms with Crippen LogP contribution < -0.4 is 10.1 Å². The van der Waals surface area contributed by atoms with Gasteiger partial charge in [0.1, 0.15) is 11.4 Å². The van der Waals surface area contributed by atoms with Crippen LogP contribution in [-0.2, 0) is 16.1 Å². The quantitative estimate of drug-likeness (QED) is 0.616. The average molecular weight is 413 g/mol. The summed E-state index contributed by atoms with van der Waals surface area (Å²) in [5.74, 6) is -0.246. The van der Waals surface area contributed by atoms with E-state index in [1.807, 2.05) is 50.2 Å². The lowest BCUT2D eigenvalue weighted by atomic mass is 10.0. The Morgan fingerprint density at radius 3 is 2.45 bits per heavy atom. The summed E-state index contributed by atoms with van der Waals surface area (Å²) in [4.78, 5) is 32.4.